The summed E-state index contributed by atoms with van der Waals surface area (Å²) < 4.78 is 0. The Bertz CT molecular complexity index is 636. The first kappa shape index (κ1) is 18.5. The Kier molecular flexibility index (Phi) is 6.24. The Morgan fingerprint density at radius 2 is 1.44 bits per heavy atom. The fraction of sp³-hybridized carbons (Fsp3) is 0.579. The third-order valence-corrected chi connectivity index (χ3v) is 6.10. The van der Waals surface area contributed by atoms with Crippen molar-refractivity contribution >= 4 is 40.7 Å². The molecule has 0 radical (unpaired) electrons. The van der Waals surface area contributed by atoms with Crippen molar-refractivity contribution in [1.82, 2.24) is 5.32 Å². The number of rotatable bonds is 4. The SMILES string of the molecule is O=C(Nc1ccc(Cl)c(Cl)c1)C1CCC(C(=O)NC2CCCC2)CC1. The van der Waals surface area contributed by atoms with Crippen LogP contribution in [0.5, 0.6) is 0 Å². The third kappa shape index (κ3) is 4.89. The molecule has 0 aliphatic heterocycles. The molecule has 136 valence electrons. The summed E-state index contributed by atoms with van der Waals surface area (Å²) in [4.78, 5) is 24.8. The molecule has 2 fully saturated rings. The van der Waals surface area contributed by atoms with Crippen molar-refractivity contribution in [2.75, 3.05) is 5.32 Å². The molecule has 2 amide bonds. The van der Waals surface area contributed by atoms with Crippen LogP contribution in [0.15, 0.2) is 18.2 Å². The third-order valence-electron chi connectivity index (χ3n) is 5.36. The van der Waals surface area contributed by atoms with E-state index in [2.05, 4.69) is 10.6 Å². The summed E-state index contributed by atoms with van der Waals surface area (Å²) in [5.41, 5.74) is 0.653. The summed E-state index contributed by atoms with van der Waals surface area (Å²) in [5, 5.41) is 6.97. The average Bonchev–Trinajstić information content (AvgIpc) is 3.11. The van der Waals surface area contributed by atoms with E-state index < -0.39 is 0 Å². The number of nitrogens with one attached hydrogen (secondary N) is 2. The fourth-order valence-electron chi connectivity index (χ4n) is 3.83. The van der Waals surface area contributed by atoms with Crippen molar-refractivity contribution in [1.29, 1.82) is 0 Å². The van der Waals surface area contributed by atoms with Crippen LogP contribution >= 0.6 is 23.2 Å². The van der Waals surface area contributed by atoms with Crippen molar-refractivity contribution in [3.8, 4) is 0 Å². The lowest BCUT2D eigenvalue weighted by Crippen LogP contribution is -2.39. The van der Waals surface area contributed by atoms with Crippen LogP contribution in [-0.4, -0.2) is 17.9 Å². The zero-order valence-corrected chi connectivity index (χ0v) is 15.7. The summed E-state index contributed by atoms with van der Waals surface area (Å²) in [6, 6.07) is 5.43. The molecule has 25 heavy (non-hydrogen) atoms. The molecule has 0 aromatic heterocycles. The zero-order valence-electron chi connectivity index (χ0n) is 14.2. The minimum absolute atomic E-state index is 0.00644. The molecule has 0 unspecified atom stereocenters. The van der Waals surface area contributed by atoms with Gasteiger partial charge in [-0.25, -0.2) is 0 Å². The van der Waals surface area contributed by atoms with Crippen LogP contribution in [-0.2, 0) is 9.59 Å². The van der Waals surface area contributed by atoms with E-state index >= 15 is 0 Å². The van der Waals surface area contributed by atoms with Gasteiger partial charge in [0.2, 0.25) is 11.8 Å². The number of carbonyl (C=O) groups excluding carboxylic acids is 2. The maximum atomic E-state index is 12.4. The number of halogens is 2. The highest BCUT2D eigenvalue weighted by atomic mass is 35.5. The monoisotopic (exact) mass is 382 g/mol. The van der Waals surface area contributed by atoms with E-state index in [9.17, 15) is 9.59 Å². The van der Waals surface area contributed by atoms with Gasteiger partial charge in [-0.15, -0.1) is 0 Å². The van der Waals surface area contributed by atoms with Gasteiger partial charge in [0.15, 0.2) is 0 Å². The van der Waals surface area contributed by atoms with Crippen molar-refractivity contribution in [2.24, 2.45) is 11.8 Å². The van der Waals surface area contributed by atoms with Gasteiger partial charge in [-0.3, -0.25) is 9.59 Å². The summed E-state index contributed by atoms with van der Waals surface area (Å²) in [7, 11) is 0. The highest BCUT2D eigenvalue weighted by molar-refractivity contribution is 6.42. The van der Waals surface area contributed by atoms with E-state index in [-0.39, 0.29) is 23.7 Å². The molecule has 0 heterocycles. The minimum atomic E-state index is -0.0509. The van der Waals surface area contributed by atoms with E-state index in [0.29, 0.717) is 21.8 Å². The Labute approximate surface area is 158 Å². The van der Waals surface area contributed by atoms with E-state index in [1.807, 2.05) is 0 Å². The Morgan fingerprint density at radius 3 is 2.04 bits per heavy atom. The minimum Gasteiger partial charge on any atom is -0.353 e. The van der Waals surface area contributed by atoms with Crippen molar-refractivity contribution < 1.29 is 9.59 Å². The zero-order chi connectivity index (χ0) is 17.8. The second-order valence-electron chi connectivity index (χ2n) is 7.16. The van der Waals surface area contributed by atoms with Crippen LogP contribution in [0.2, 0.25) is 10.0 Å². The first-order chi connectivity index (χ1) is 12.0. The predicted molar refractivity (Wildman–Crippen MR) is 101 cm³/mol. The number of benzene rings is 1. The van der Waals surface area contributed by atoms with Gasteiger partial charge >= 0.3 is 0 Å². The molecule has 2 aliphatic rings. The molecule has 6 heteroatoms. The van der Waals surface area contributed by atoms with E-state index in [0.717, 1.165) is 38.5 Å². The predicted octanol–water partition coefficient (Wildman–Crippen LogP) is 4.80. The molecule has 0 saturated heterocycles. The highest BCUT2D eigenvalue weighted by Gasteiger charge is 2.31. The molecule has 0 atom stereocenters. The van der Waals surface area contributed by atoms with Gasteiger partial charge in [-0.2, -0.15) is 0 Å². The molecule has 2 N–H and O–H groups in total. The maximum absolute atomic E-state index is 12.4. The first-order valence-electron chi connectivity index (χ1n) is 9.09. The molecule has 1 aromatic carbocycles. The van der Waals surface area contributed by atoms with E-state index in [4.69, 9.17) is 23.2 Å². The normalized spacial score (nSPS) is 24.1. The summed E-state index contributed by atoms with van der Waals surface area (Å²) in [6.45, 7) is 0. The molecule has 4 nitrogen and oxygen atoms in total. The van der Waals surface area contributed by atoms with Gasteiger partial charge in [0.05, 0.1) is 10.0 Å². The van der Waals surface area contributed by atoms with Crippen LogP contribution in [0.4, 0.5) is 5.69 Å². The van der Waals surface area contributed by atoms with Crippen molar-refractivity contribution in [3.63, 3.8) is 0 Å². The second kappa shape index (κ2) is 8.41. The lowest BCUT2D eigenvalue weighted by atomic mass is 9.81. The molecule has 3 rings (SSSR count). The molecular formula is C19H24Cl2N2O2. The van der Waals surface area contributed by atoms with Gasteiger partial charge in [0.1, 0.15) is 0 Å². The smallest absolute Gasteiger partial charge is 0.227 e. The van der Waals surface area contributed by atoms with Crippen LogP contribution in [0.1, 0.15) is 51.4 Å². The average molecular weight is 383 g/mol. The number of hydrogen-bond acceptors (Lipinski definition) is 2. The summed E-state index contributed by atoms with van der Waals surface area (Å²) in [6.07, 6.45) is 7.68. The number of anilines is 1. The molecule has 0 bridgehead atoms. The fourth-order valence-corrected chi connectivity index (χ4v) is 4.12. The molecule has 2 aliphatic carbocycles. The number of carbonyl (C=O) groups is 2. The number of hydrogen-bond donors (Lipinski definition) is 2. The lowest BCUT2D eigenvalue weighted by molar-refractivity contribution is -0.129. The molecule has 1 aromatic rings. The maximum Gasteiger partial charge on any atom is 0.227 e. The summed E-state index contributed by atoms with van der Waals surface area (Å²) in [5.74, 6) is 0.169. The Hall–Kier alpha value is -1.26. The highest BCUT2D eigenvalue weighted by Crippen LogP contribution is 2.31. The largest absolute Gasteiger partial charge is 0.353 e. The van der Waals surface area contributed by atoms with Crippen LogP contribution < -0.4 is 10.6 Å². The van der Waals surface area contributed by atoms with E-state index in [1.54, 1.807) is 18.2 Å². The van der Waals surface area contributed by atoms with Gasteiger partial charge in [0, 0.05) is 23.6 Å². The molecule has 2 saturated carbocycles. The second-order valence-corrected chi connectivity index (χ2v) is 7.97. The number of amides is 2. The molecular weight excluding hydrogens is 359 g/mol. The quantitative estimate of drug-likeness (QED) is 0.785. The van der Waals surface area contributed by atoms with Gasteiger partial charge < -0.3 is 10.6 Å². The Balaban J connectivity index is 1.46. The topological polar surface area (TPSA) is 58.2 Å². The van der Waals surface area contributed by atoms with Crippen molar-refractivity contribution in [2.45, 2.75) is 57.4 Å². The first-order valence-corrected chi connectivity index (χ1v) is 9.85. The lowest BCUT2D eigenvalue weighted by Gasteiger charge is -2.28. The van der Waals surface area contributed by atoms with Crippen LogP contribution in [0.25, 0.3) is 0 Å². The van der Waals surface area contributed by atoms with Crippen LogP contribution in [0, 0.1) is 11.8 Å². The van der Waals surface area contributed by atoms with E-state index in [1.165, 1.54) is 12.8 Å². The van der Waals surface area contributed by atoms with Gasteiger partial charge in [-0.05, 0) is 56.7 Å². The summed E-state index contributed by atoms with van der Waals surface area (Å²) >= 11 is 11.9. The van der Waals surface area contributed by atoms with Crippen LogP contribution in [0.3, 0.4) is 0 Å². The standard InChI is InChI=1S/C19H24Cl2N2O2/c20-16-10-9-15(11-17(16)21)23-19(25)13-7-5-12(6-8-13)18(24)22-14-3-1-2-4-14/h9-14H,1-8H2,(H,22,24)(H,23,25). The van der Waals surface area contributed by atoms with Crippen molar-refractivity contribution in [3.05, 3.63) is 28.2 Å². The van der Waals surface area contributed by atoms with Gasteiger partial charge in [0.25, 0.3) is 0 Å². The Morgan fingerprint density at radius 1 is 0.840 bits per heavy atom. The van der Waals surface area contributed by atoms with Gasteiger partial charge in [-0.1, -0.05) is 36.0 Å². The molecule has 0 spiro atoms.